The van der Waals surface area contributed by atoms with E-state index in [-0.39, 0.29) is 6.54 Å². The van der Waals surface area contributed by atoms with E-state index < -0.39 is 12.3 Å². The summed E-state index contributed by atoms with van der Waals surface area (Å²) in [5.41, 5.74) is 0. The number of halogens is 3. The molecule has 0 amide bonds. The lowest BCUT2D eigenvalue weighted by Crippen LogP contribution is -2.45. The number of aliphatic hydroxyl groups excluding tert-OH is 1. The van der Waals surface area contributed by atoms with Crippen molar-refractivity contribution >= 4 is 0 Å². The van der Waals surface area contributed by atoms with Crippen molar-refractivity contribution in [1.29, 1.82) is 0 Å². The Labute approximate surface area is 100.0 Å². The zero-order valence-corrected chi connectivity index (χ0v) is 10.1. The summed E-state index contributed by atoms with van der Waals surface area (Å²) in [6, 6.07) is 0. The minimum atomic E-state index is -4.50. The lowest BCUT2D eigenvalue weighted by Gasteiger charge is -2.33. The predicted octanol–water partition coefficient (Wildman–Crippen LogP) is 1.23. The summed E-state index contributed by atoms with van der Waals surface area (Å²) in [6.07, 6.45) is -4.91. The van der Waals surface area contributed by atoms with Crippen molar-refractivity contribution in [3.8, 4) is 0 Å². The third-order valence-electron chi connectivity index (χ3n) is 3.20. The first-order chi connectivity index (χ1) is 7.93. The zero-order chi connectivity index (χ0) is 12.9. The highest BCUT2D eigenvalue weighted by Crippen LogP contribution is 2.23. The van der Waals surface area contributed by atoms with Gasteiger partial charge in [-0.15, -0.1) is 0 Å². The Kier molecular flexibility index (Phi) is 5.69. The molecule has 1 heterocycles. The van der Waals surface area contributed by atoms with Crippen LogP contribution >= 0.6 is 0 Å². The summed E-state index contributed by atoms with van der Waals surface area (Å²) in [5.74, 6) is 0.550. The molecular formula is C11H21F3N2O. The Balaban J connectivity index is 2.23. The summed E-state index contributed by atoms with van der Waals surface area (Å²) in [6.45, 7) is 4.89. The Hall–Kier alpha value is -0.330. The Morgan fingerprint density at radius 2 is 1.94 bits per heavy atom. The maximum Gasteiger partial charge on any atom is 0.415 e. The molecule has 17 heavy (non-hydrogen) atoms. The quantitative estimate of drug-likeness (QED) is 0.774. The Morgan fingerprint density at radius 1 is 1.35 bits per heavy atom. The van der Waals surface area contributed by atoms with E-state index in [0.717, 1.165) is 25.9 Å². The van der Waals surface area contributed by atoms with Crippen LogP contribution in [0.1, 0.15) is 19.8 Å². The number of nitrogens with zero attached hydrogens (tertiary/aromatic N) is 1. The third kappa shape index (κ3) is 5.23. The summed E-state index contributed by atoms with van der Waals surface area (Å²) < 4.78 is 36.5. The number of nitrogens with one attached hydrogen (secondary N) is 1. The van der Waals surface area contributed by atoms with Gasteiger partial charge in [0.25, 0.3) is 0 Å². The first-order valence-corrected chi connectivity index (χ1v) is 6.11. The topological polar surface area (TPSA) is 35.5 Å². The van der Waals surface area contributed by atoms with Crippen molar-refractivity contribution in [3.05, 3.63) is 0 Å². The van der Waals surface area contributed by atoms with Crippen LogP contribution in [0.4, 0.5) is 13.2 Å². The number of hydrogen-bond donors (Lipinski definition) is 2. The number of alkyl halides is 3. The Bertz CT molecular complexity index is 215. The van der Waals surface area contributed by atoms with Crippen LogP contribution in [-0.4, -0.2) is 55.0 Å². The molecule has 0 aromatic rings. The van der Waals surface area contributed by atoms with Gasteiger partial charge in [0, 0.05) is 6.54 Å². The molecule has 1 aliphatic rings. The summed E-state index contributed by atoms with van der Waals surface area (Å²) in [4.78, 5) is 1.70. The summed E-state index contributed by atoms with van der Waals surface area (Å²) in [5, 5.41) is 12.2. The number of β-amino-alcohol motifs (C(OH)–C–C–N with tert-alkyl or cyclic N) is 1. The van der Waals surface area contributed by atoms with Crippen molar-refractivity contribution in [3.63, 3.8) is 0 Å². The summed E-state index contributed by atoms with van der Waals surface area (Å²) in [7, 11) is 0. The van der Waals surface area contributed by atoms with Gasteiger partial charge in [-0.05, 0) is 44.9 Å². The van der Waals surface area contributed by atoms with Gasteiger partial charge in [0.05, 0.1) is 0 Å². The maximum atomic E-state index is 12.2. The fraction of sp³-hybridized carbons (Fsp3) is 1.00. The minimum Gasteiger partial charge on any atom is -0.382 e. The molecule has 1 atom stereocenters. The second kappa shape index (κ2) is 6.56. The molecule has 0 radical (unpaired) electrons. The van der Waals surface area contributed by atoms with E-state index >= 15 is 0 Å². The number of aliphatic hydroxyl groups is 1. The van der Waals surface area contributed by atoms with Crippen LogP contribution in [0.2, 0.25) is 0 Å². The molecule has 1 saturated heterocycles. The van der Waals surface area contributed by atoms with E-state index in [4.69, 9.17) is 5.11 Å². The van der Waals surface area contributed by atoms with Gasteiger partial charge in [-0.2, -0.15) is 13.2 Å². The molecule has 0 aliphatic carbocycles. The normalized spacial score (nSPS) is 21.7. The fourth-order valence-corrected chi connectivity index (χ4v) is 2.07. The van der Waals surface area contributed by atoms with Gasteiger partial charge in [-0.3, -0.25) is 0 Å². The van der Waals surface area contributed by atoms with Gasteiger partial charge in [0.2, 0.25) is 0 Å². The molecule has 0 saturated carbocycles. The molecule has 1 fully saturated rings. The maximum absolute atomic E-state index is 12.2. The van der Waals surface area contributed by atoms with E-state index in [9.17, 15) is 13.2 Å². The zero-order valence-electron chi connectivity index (χ0n) is 10.1. The van der Waals surface area contributed by atoms with Gasteiger partial charge >= 0.3 is 6.18 Å². The summed E-state index contributed by atoms with van der Waals surface area (Å²) >= 11 is 0. The molecule has 2 N–H and O–H groups in total. The number of piperidine rings is 1. The van der Waals surface area contributed by atoms with Crippen molar-refractivity contribution in [2.24, 2.45) is 5.92 Å². The molecule has 0 aromatic heterocycles. The van der Waals surface area contributed by atoms with Gasteiger partial charge < -0.3 is 15.3 Å². The lowest BCUT2D eigenvalue weighted by atomic mass is 9.96. The second-order valence-corrected chi connectivity index (χ2v) is 4.61. The van der Waals surface area contributed by atoms with Crippen molar-refractivity contribution in [2.75, 3.05) is 32.7 Å². The van der Waals surface area contributed by atoms with Gasteiger partial charge in [0.15, 0.2) is 6.10 Å². The van der Waals surface area contributed by atoms with Crippen LogP contribution in [0.5, 0.6) is 0 Å². The van der Waals surface area contributed by atoms with E-state index in [1.165, 1.54) is 0 Å². The number of rotatable bonds is 5. The molecule has 1 rings (SSSR count). The molecule has 102 valence electrons. The van der Waals surface area contributed by atoms with Crippen molar-refractivity contribution < 1.29 is 18.3 Å². The van der Waals surface area contributed by atoms with E-state index in [1.54, 1.807) is 4.90 Å². The Morgan fingerprint density at radius 3 is 2.41 bits per heavy atom. The molecule has 6 heteroatoms. The highest BCUT2D eigenvalue weighted by molar-refractivity contribution is 4.77. The van der Waals surface area contributed by atoms with Crippen molar-refractivity contribution in [1.82, 2.24) is 10.2 Å². The largest absolute Gasteiger partial charge is 0.415 e. The van der Waals surface area contributed by atoms with Crippen LogP contribution in [0.15, 0.2) is 0 Å². The van der Waals surface area contributed by atoms with Gasteiger partial charge in [0.1, 0.15) is 0 Å². The first-order valence-electron chi connectivity index (χ1n) is 6.11. The average Bonchev–Trinajstić information content (AvgIpc) is 2.27. The molecule has 0 bridgehead atoms. The number of likely N-dealkylation sites (tertiary alicyclic amines) is 1. The molecular weight excluding hydrogens is 233 g/mol. The smallest absolute Gasteiger partial charge is 0.382 e. The van der Waals surface area contributed by atoms with E-state index in [0.29, 0.717) is 19.0 Å². The predicted molar refractivity (Wildman–Crippen MR) is 59.8 cm³/mol. The van der Waals surface area contributed by atoms with Crippen LogP contribution < -0.4 is 5.32 Å². The SMILES string of the molecule is CCNCC1CCN(CC(O)C(F)(F)F)CC1. The van der Waals surface area contributed by atoms with E-state index in [2.05, 4.69) is 5.32 Å². The monoisotopic (exact) mass is 254 g/mol. The minimum absolute atomic E-state index is 0.294. The highest BCUT2D eigenvalue weighted by atomic mass is 19.4. The van der Waals surface area contributed by atoms with Crippen LogP contribution in [0.3, 0.4) is 0 Å². The highest BCUT2D eigenvalue weighted by Gasteiger charge is 2.39. The number of hydrogen-bond acceptors (Lipinski definition) is 3. The molecule has 1 aliphatic heterocycles. The second-order valence-electron chi connectivity index (χ2n) is 4.61. The van der Waals surface area contributed by atoms with Gasteiger partial charge in [-0.25, -0.2) is 0 Å². The first kappa shape index (κ1) is 14.7. The van der Waals surface area contributed by atoms with Crippen LogP contribution in [0.25, 0.3) is 0 Å². The third-order valence-corrected chi connectivity index (χ3v) is 3.20. The van der Waals surface area contributed by atoms with Crippen LogP contribution in [0, 0.1) is 5.92 Å². The molecule has 0 spiro atoms. The average molecular weight is 254 g/mol. The molecule has 0 aromatic carbocycles. The standard InChI is InChI=1S/C11H21F3N2O/c1-2-15-7-9-3-5-16(6-4-9)8-10(17)11(12,13)14/h9-10,15,17H,2-8H2,1H3. The van der Waals surface area contributed by atoms with Gasteiger partial charge in [-0.1, -0.05) is 6.92 Å². The molecule has 1 unspecified atom stereocenters. The lowest BCUT2D eigenvalue weighted by molar-refractivity contribution is -0.208. The molecule has 3 nitrogen and oxygen atoms in total. The fourth-order valence-electron chi connectivity index (χ4n) is 2.07. The van der Waals surface area contributed by atoms with E-state index in [1.807, 2.05) is 6.92 Å². The van der Waals surface area contributed by atoms with Crippen LogP contribution in [-0.2, 0) is 0 Å². The van der Waals surface area contributed by atoms with Crippen molar-refractivity contribution in [2.45, 2.75) is 32.0 Å².